The standard InChI is InChI=1S/C30H51N5S2/c1-31(2)28-12-14-29(15-13-28)36-34-22-8-18-32(24-27-10-4-3-5-11-27)19-9-23-35(26-30(25-34)16-17-30)37-33-20-6-7-21-33/h12-15,27H,3-11,16-26H2,1-2H3. The van der Waals surface area contributed by atoms with Gasteiger partial charge in [0.25, 0.3) is 0 Å². The van der Waals surface area contributed by atoms with Crippen molar-refractivity contribution < 1.29 is 0 Å². The van der Waals surface area contributed by atoms with E-state index >= 15 is 0 Å². The SMILES string of the molecule is CN(C)c1ccc(SN2CCCN(CC3CCCCC3)CCCN(SN3CCCC3)CC3(CC3)C2)cc1. The van der Waals surface area contributed by atoms with Crippen molar-refractivity contribution >= 4 is 29.8 Å². The van der Waals surface area contributed by atoms with Crippen molar-refractivity contribution in [1.29, 1.82) is 0 Å². The minimum absolute atomic E-state index is 0.490. The summed E-state index contributed by atoms with van der Waals surface area (Å²) in [6.07, 6.45) is 15.4. The molecule has 7 heteroatoms. The van der Waals surface area contributed by atoms with Gasteiger partial charge in [-0.05, 0) is 112 Å². The summed E-state index contributed by atoms with van der Waals surface area (Å²) >= 11 is 4.10. The topological polar surface area (TPSA) is 16.2 Å². The van der Waals surface area contributed by atoms with Crippen LogP contribution in [0.5, 0.6) is 0 Å². The number of benzene rings is 1. The molecule has 4 aliphatic rings. The van der Waals surface area contributed by atoms with Crippen molar-refractivity contribution in [3.63, 3.8) is 0 Å². The zero-order valence-electron chi connectivity index (χ0n) is 23.6. The van der Waals surface area contributed by atoms with Crippen molar-refractivity contribution in [2.75, 3.05) is 77.9 Å². The van der Waals surface area contributed by atoms with E-state index in [0.717, 1.165) is 5.92 Å². The van der Waals surface area contributed by atoms with Crippen LogP contribution in [0.25, 0.3) is 0 Å². The molecule has 208 valence electrons. The van der Waals surface area contributed by atoms with Crippen molar-refractivity contribution in [3.8, 4) is 0 Å². The molecule has 2 aliphatic carbocycles. The van der Waals surface area contributed by atoms with E-state index in [1.54, 1.807) is 0 Å². The fourth-order valence-corrected chi connectivity index (χ4v) is 8.86. The van der Waals surface area contributed by atoms with E-state index in [0.29, 0.717) is 5.41 Å². The minimum atomic E-state index is 0.490. The zero-order chi connectivity index (χ0) is 25.5. The van der Waals surface area contributed by atoms with Crippen LogP contribution in [-0.2, 0) is 0 Å². The normalized spacial score (nSPS) is 25.7. The molecule has 2 heterocycles. The second-order valence-corrected chi connectivity index (χ2v) is 14.8. The highest BCUT2D eigenvalue weighted by molar-refractivity contribution is 7.97. The maximum atomic E-state index is 2.85. The Morgan fingerprint density at radius 2 is 1.35 bits per heavy atom. The lowest BCUT2D eigenvalue weighted by atomic mass is 9.89. The molecule has 37 heavy (non-hydrogen) atoms. The first-order valence-corrected chi connectivity index (χ1v) is 16.7. The first-order chi connectivity index (χ1) is 18.1. The Balaban J connectivity index is 1.26. The van der Waals surface area contributed by atoms with Crippen LogP contribution in [0.1, 0.15) is 70.6 Å². The molecule has 0 atom stereocenters. The number of rotatable bonds is 7. The third-order valence-electron chi connectivity index (χ3n) is 8.87. The largest absolute Gasteiger partial charge is 0.378 e. The molecule has 0 aromatic heterocycles. The molecule has 0 unspecified atom stereocenters. The van der Waals surface area contributed by atoms with E-state index in [1.165, 1.54) is 140 Å². The Morgan fingerprint density at radius 3 is 2.00 bits per heavy atom. The molecule has 4 fully saturated rings. The number of anilines is 1. The monoisotopic (exact) mass is 545 g/mol. The fourth-order valence-electron chi connectivity index (χ4n) is 6.45. The van der Waals surface area contributed by atoms with Gasteiger partial charge in [-0.3, -0.25) is 0 Å². The molecule has 0 radical (unpaired) electrons. The van der Waals surface area contributed by atoms with Crippen molar-refractivity contribution in [3.05, 3.63) is 24.3 Å². The Morgan fingerprint density at radius 1 is 0.730 bits per heavy atom. The lowest BCUT2D eigenvalue weighted by Crippen LogP contribution is -2.39. The minimum Gasteiger partial charge on any atom is -0.378 e. The molecule has 1 aromatic carbocycles. The molecule has 2 aliphatic heterocycles. The second-order valence-electron chi connectivity index (χ2n) is 12.4. The Kier molecular flexibility index (Phi) is 10.5. The third kappa shape index (κ3) is 8.77. The highest BCUT2D eigenvalue weighted by atomic mass is 32.2. The fraction of sp³-hybridized carbons (Fsp3) is 0.800. The molecule has 1 aromatic rings. The third-order valence-corrected chi connectivity index (χ3v) is 11.1. The van der Waals surface area contributed by atoms with Crippen LogP contribution in [0.3, 0.4) is 0 Å². The first kappa shape index (κ1) is 28.1. The molecule has 2 saturated heterocycles. The van der Waals surface area contributed by atoms with Gasteiger partial charge in [-0.15, -0.1) is 0 Å². The summed E-state index contributed by atoms with van der Waals surface area (Å²) in [5.41, 5.74) is 1.77. The van der Waals surface area contributed by atoms with E-state index in [2.05, 4.69) is 73.2 Å². The highest BCUT2D eigenvalue weighted by Crippen LogP contribution is 2.49. The lowest BCUT2D eigenvalue weighted by molar-refractivity contribution is 0.180. The van der Waals surface area contributed by atoms with Gasteiger partial charge in [0, 0.05) is 82.6 Å². The van der Waals surface area contributed by atoms with Gasteiger partial charge in [0.1, 0.15) is 0 Å². The quantitative estimate of drug-likeness (QED) is 0.360. The van der Waals surface area contributed by atoms with Gasteiger partial charge in [-0.25, -0.2) is 12.9 Å². The lowest BCUT2D eigenvalue weighted by Gasteiger charge is -2.35. The zero-order valence-corrected chi connectivity index (χ0v) is 25.2. The molecular formula is C30H51N5S2. The molecule has 1 spiro atoms. The van der Waals surface area contributed by atoms with E-state index < -0.39 is 0 Å². The molecular weight excluding hydrogens is 494 g/mol. The van der Waals surface area contributed by atoms with Crippen LogP contribution in [-0.4, -0.2) is 90.8 Å². The smallest absolute Gasteiger partial charge is 0.0361 e. The van der Waals surface area contributed by atoms with Crippen LogP contribution in [0, 0.1) is 11.3 Å². The molecule has 2 saturated carbocycles. The summed E-state index contributed by atoms with van der Waals surface area (Å²) in [5, 5.41) is 0. The summed E-state index contributed by atoms with van der Waals surface area (Å²) in [7, 11) is 4.25. The second kappa shape index (κ2) is 13.8. The van der Waals surface area contributed by atoms with Gasteiger partial charge in [-0.1, -0.05) is 19.3 Å². The number of hydrogen-bond acceptors (Lipinski definition) is 7. The van der Waals surface area contributed by atoms with Gasteiger partial charge < -0.3 is 9.80 Å². The summed E-state index contributed by atoms with van der Waals surface area (Å²) in [6, 6.07) is 9.18. The molecule has 0 amide bonds. The van der Waals surface area contributed by atoms with Crippen molar-refractivity contribution in [2.45, 2.75) is 75.5 Å². The van der Waals surface area contributed by atoms with E-state index in [4.69, 9.17) is 0 Å². The molecule has 5 rings (SSSR count). The number of nitrogens with zero attached hydrogens (tertiary/aromatic N) is 5. The Labute approximate surface area is 236 Å². The summed E-state index contributed by atoms with van der Waals surface area (Å²) in [4.78, 5) is 6.42. The van der Waals surface area contributed by atoms with Gasteiger partial charge in [0.05, 0.1) is 0 Å². The maximum Gasteiger partial charge on any atom is 0.0361 e. The molecule has 5 nitrogen and oxygen atoms in total. The van der Waals surface area contributed by atoms with Crippen LogP contribution in [0.2, 0.25) is 0 Å². The van der Waals surface area contributed by atoms with Gasteiger partial charge in [-0.2, -0.15) is 0 Å². The van der Waals surface area contributed by atoms with Crippen LogP contribution in [0.4, 0.5) is 5.69 Å². The van der Waals surface area contributed by atoms with E-state index in [-0.39, 0.29) is 0 Å². The summed E-state index contributed by atoms with van der Waals surface area (Å²) < 4.78 is 8.14. The summed E-state index contributed by atoms with van der Waals surface area (Å²) in [6.45, 7) is 11.3. The van der Waals surface area contributed by atoms with E-state index in [9.17, 15) is 0 Å². The highest BCUT2D eigenvalue weighted by Gasteiger charge is 2.45. The average molecular weight is 546 g/mol. The number of hydrogen-bond donors (Lipinski definition) is 0. The van der Waals surface area contributed by atoms with Crippen molar-refractivity contribution in [2.24, 2.45) is 11.3 Å². The average Bonchev–Trinajstić information content (AvgIpc) is 3.43. The predicted molar refractivity (Wildman–Crippen MR) is 162 cm³/mol. The summed E-state index contributed by atoms with van der Waals surface area (Å²) in [5.74, 6) is 0.937. The van der Waals surface area contributed by atoms with Gasteiger partial charge in [0.15, 0.2) is 0 Å². The maximum absolute atomic E-state index is 2.85. The van der Waals surface area contributed by atoms with Gasteiger partial charge in [0.2, 0.25) is 0 Å². The first-order valence-electron chi connectivity index (χ1n) is 15.2. The predicted octanol–water partition coefficient (Wildman–Crippen LogP) is 6.48. The van der Waals surface area contributed by atoms with Crippen LogP contribution < -0.4 is 4.90 Å². The van der Waals surface area contributed by atoms with Crippen LogP contribution in [0.15, 0.2) is 29.2 Å². The van der Waals surface area contributed by atoms with Crippen LogP contribution >= 0.6 is 24.1 Å². The molecule has 0 bridgehead atoms. The van der Waals surface area contributed by atoms with Gasteiger partial charge >= 0.3 is 0 Å². The Bertz CT molecular complexity index is 803. The molecule has 0 N–H and O–H groups in total. The Hall–Kier alpha value is -0.440. The van der Waals surface area contributed by atoms with E-state index in [1.807, 2.05) is 11.9 Å². The van der Waals surface area contributed by atoms with Crippen molar-refractivity contribution in [1.82, 2.24) is 17.8 Å².